The number of fused-ring (bicyclic) bond motifs is 14. The van der Waals surface area contributed by atoms with E-state index < -0.39 is 8.88 Å². The number of aromatic nitrogens is 2. The van der Waals surface area contributed by atoms with Gasteiger partial charge >= 0.3 is 8.88 Å². The molecule has 0 radical (unpaired) electrons. The minimum absolute atomic E-state index is 0.445. The predicted octanol–water partition coefficient (Wildman–Crippen LogP) is 12.3. The molecule has 4 aromatic carbocycles. The molecule has 6 heterocycles. The molecule has 2 aromatic heterocycles. The first-order chi connectivity index (χ1) is 32.3. The van der Waals surface area contributed by atoms with Gasteiger partial charge in [-0.2, -0.15) is 0 Å². The molecule has 2 unspecified atom stereocenters. The number of hydrogen-bond donors (Lipinski definition) is 0. The zero-order chi connectivity index (χ0) is 46.7. The Labute approximate surface area is 396 Å². The minimum atomic E-state index is -4.18. The summed E-state index contributed by atoms with van der Waals surface area (Å²) in [6.45, 7) is 23.4. The molecule has 0 spiro atoms. The summed E-state index contributed by atoms with van der Waals surface area (Å²) in [5, 5.41) is 3.79. The number of aryl methyl sites for hydroxylation is 4. The number of rotatable bonds is 16. The van der Waals surface area contributed by atoms with E-state index in [4.69, 9.17) is 38.8 Å². The third kappa shape index (κ3) is 8.41. The van der Waals surface area contributed by atoms with Gasteiger partial charge < -0.3 is 8.85 Å². The number of nitrogens with zero attached hydrogens (tertiary/aromatic N) is 8. The summed E-state index contributed by atoms with van der Waals surface area (Å²) in [7, 11) is -4.18. The molecule has 4 aliphatic rings. The molecular weight excluding hydrogens is 845 g/mol. The van der Waals surface area contributed by atoms with Crippen molar-refractivity contribution in [1.29, 1.82) is 0 Å². The topological polar surface area (TPSA) is 102 Å². The quantitative estimate of drug-likeness (QED) is 0.0903. The van der Waals surface area contributed by atoms with Crippen molar-refractivity contribution in [3.8, 4) is 0 Å². The van der Waals surface area contributed by atoms with E-state index in [1.807, 2.05) is 0 Å². The molecule has 346 valence electrons. The molecule has 11 heteroatoms. The highest BCUT2D eigenvalue weighted by molar-refractivity contribution is 6.66. The van der Waals surface area contributed by atoms with Gasteiger partial charge in [-0.15, -0.1) is 0 Å². The molecule has 4 aliphatic heterocycles. The molecular formula is C56H66N8O2Si. The van der Waals surface area contributed by atoms with Crippen LogP contribution in [0.1, 0.15) is 137 Å². The molecule has 67 heavy (non-hydrogen) atoms. The Morgan fingerprint density at radius 3 is 1.40 bits per heavy atom. The first-order valence-corrected chi connectivity index (χ1v) is 26.6. The molecule has 2 atom stereocenters. The minimum Gasteiger partial charge on any atom is -0.361 e. The smallest absolute Gasteiger partial charge is 0.361 e. The second-order valence-corrected chi connectivity index (χ2v) is 23.4. The maximum atomic E-state index is 7.90. The fraction of sp³-hybridized carbons (Fsp3) is 0.429. The van der Waals surface area contributed by atoms with Crippen LogP contribution in [0.4, 0.5) is 11.6 Å². The monoisotopic (exact) mass is 911 g/mol. The highest BCUT2D eigenvalue weighted by Gasteiger charge is 2.53. The van der Waals surface area contributed by atoms with Gasteiger partial charge in [-0.05, 0) is 88.5 Å². The molecule has 0 N–H and O–H groups in total. The fourth-order valence-electron chi connectivity index (χ4n) is 10.2. The zero-order valence-corrected chi connectivity index (χ0v) is 42.2. The standard InChI is InChI=1S/C56H66N8O2Si/c1-33(2)13-11-15-35(5)25-27-65-67(66-28-26-36(6)16-12-14-34(3)4)63-53-43-23-19-39(9)31-47(43)56(63)60-50-42-22-18-38(8)30-46(42)52(58-50)62-54-44-24-20-40(10)32-48(44)55(64(54)67)59-49-41-21-17-37(7)29-45(41)51(57-49)61-53/h17-24,29-36H,11-16,25-28H2,1-10H3. The van der Waals surface area contributed by atoms with Crippen LogP contribution in [0, 0.1) is 51.4 Å². The van der Waals surface area contributed by atoms with Crippen molar-refractivity contribution in [1.82, 2.24) is 8.47 Å². The number of benzene rings is 4. The van der Waals surface area contributed by atoms with E-state index in [2.05, 4.69) is 150 Å². The van der Waals surface area contributed by atoms with E-state index in [1.54, 1.807) is 0 Å². The second-order valence-electron chi connectivity index (χ2n) is 20.8. The Morgan fingerprint density at radius 2 is 0.851 bits per heavy atom. The number of hydrogen-bond acceptors (Lipinski definition) is 8. The Balaban J connectivity index is 1.34. The molecule has 10 nitrogen and oxygen atoms in total. The lowest BCUT2D eigenvalue weighted by Crippen LogP contribution is -2.64. The van der Waals surface area contributed by atoms with Crippen molar-refractivity contribution >= 4 is 65.4 Å². The van der Waals surface area contributed by atoms with Gasteiger partial charge in [0.1, 0.15) is 22.6 Å². The number of amidine groups is 4. The highest BCUT2D eigenvalue weighted by Crippen LogP contribution is 2.44. The SMILES string of the molecule is Cc1ccc2c(c1)C1=NC2=Nc2c3cc(C)ccc3c3n2[Si](OCCC(C)CCCC(C)C)(OCCC(C)CCCC(C)C)n2c(c4ccc(C)cc4c2=NC2=NC(=N3)c3cc(C)ccc32)=N1. The molecule has 0 aliphatic carbocycles. The van der Waals surface area contributed by atoms with Crippen LogP contribution >= 0.6 is 0 Å². The van der Waals surface area contributed by atoms with Gasteiger partial charge in [0.05, 0.1) is 0 Å². The Morgan fingerprint density at radius 1 is 0.418 bits per heavy atom. The first-order valence-electron chi connectivity index (χ1n) is 24.9. The van der Waals surface area contributed by atoms with Gasteiger partial charge in [0.25, 0.3) is 0 Å². The van der Waals surface area contributed by atoms with E-state index >= 15 is 0 Å². The van der Waals surface area contributed by atoms with Crippen LogP contribution in [-0.4, -0.2) is 53.9 Å². The lowest BCUT2D eigenvalue weighted by Gasteiger charge is -2.34. The van der Waals surface area contributed by atoms with Crippen LogP contribution in [0.15, 0.2) is 103 Å². The van der Waals surface area contributed by atoms with Crippen LogP contribution in [0.3, 0.4) is 0 Å². The van der Waals surface area contributed by atoms with Crippen LogP contribution in [-0.2, 0) is 8.85 Å². The van der Waals surface area contributed by atoms with E-state index in [-0.39, 0.29) is 0 Å². The van der Waals surface area contributed by atoms with Crippen molar-refractivity contribution in [2.45, 2.75) is 121 Å². The number of aliphatic imine (C=N–C) groups is 4. The lowest BCUT2D eigenvalue weighted by molar-refractivity contribution is 0.132. The van der Waals surface area contributed by atoms with E-state index in [1.165, 1.54) is 25.7 Å². The van der Waals surface area contributed by atoms with Gasteiger partial charge in [0.15, 0.2) is 23.3 Å². The predicted molar refractivity (Wildman–Crippen MR) is 277 cm³/mol. The fourth-order valence-corrected chi connectivity index (χ4v) is 13.5. The van der Waals surface area contributed by atoms with Crippen LogP contribution < -0.4 is 11.0 Å². The van der Waals surface area contributed by atoms with E-state index in [0.29, 0.717) is 82.8 Å². The van der Waals surface area contributed by atoms with Crippen LogP contribution in [0.2, 0.25) is 0 Å². The molecule has 10 rings (SSSR count). The van der Waals surface area contributed by atoms with Gasteiger partial charge in [-0.25, -0.2) is 30.0 Å². The summed E-state index contributed by atoms with van der Waals surface area (Å²) in [6, 6.07) is 26.1. The molecule has 6 aromatic rings. The Hall–Kier alpha value is -5.62. The van der Waals surface area contributed by atoms with E-state index in [0.717, 1.165) is 91.7 Å². The summed E-state index contributed by atoms with van der Waals surface area (Å²) >= 11 is 0. The maximum Gasteiger partial charge on any atom is 0.603 e. The van der Waals surface area contributed by atoms with Crippen molar-refractivity contribution < 1.29 is 8.85 Å². The average Bonchev–Trinajstić information content (AvgIpc) is 3.97. The molecule has 0 fully saturated rings. The van der Waals surface area contributed by atoms with Crippen LogP contribution in [0.5, 0.6) is 0 Å². The van der Waals surface area contributed by atoms with Gasteiger partial charge in [0.2, 0.25) is 0 Å². The van der Waals surface area contributed by atoms with Gasteiger partial charge in [-0.1, -0.05) is 151 Å². The summed E-state index contributed by atoms with van der Waals surface area (Å²) < 4.78 is 20.3. The zero-order valence-electron chi connectivity index (χ0n) is 41.2. The summed E-state index contributed by atoms with van der Waals surface area (Å²) in [4.78, 5) is 33.4. The summed E-state index contributed by atoms with van der Waals surface area (Å²) in [5.74, 6) is 6.07. The maximum absolute atomic E-state index is 7.90. The van der Waals surface area contributed by atoms with E-state index in [9.17, 15) is 0 Å². The normalized spacial score (nSPS) is 17.7. The highest BCUT2D eigenvalue weighted by atomic mass is 28.4. The average molecular weight is 911 g/mol. The molecule has 6 bridgehead atoms. The van der Waals surface area contributed by atoms with Crippen LogP contribution in [0.25, 0.3) is 21.5 Å². The van der Waals surface area contributed by atoms with Crippen molar-refractivity contribution in [2.75, 3.05) is 13.2 Å². The first kappa shape index (κ1) is 45.2. The molecule has 0 saturated carbocycles. The Kier molecular flexibility index (Phi) is 12.2. The second kappa shape index (κ2) is 18.1. The summed E-state index contributed by atoms with van der Waals surface area (Å²) in [6.07, 6.45) is 8.82. The van der Waals surface area contributed by atoms with Crippen molar-refractivity contribution in [3.05, 3.63) is 128 Å². The van der Waals surface area contributed by atoms with Crippen molar-refractivity contribution in [2.24, 2.45) is 53.6 Å². The third-order valence-corrected chi connectivity index (χ3v) is 17.2. The largest absolute Gasteiger partial charge is 0.603 e. The third-order valence-electron chi connectivity index (χ3n) is 14.1. The Bertz CT molecular complexity index is 3180. The van der Waals surface area contributed by atoms with Crippen molar-refractivity contribution in [3.63, 3.8) is 0 Å². The van der Waals surface area contributed by atoms with Gasteiger partial charge in [0, 0.05) is 57.0 Å². The lowest BCUT2D eigenvalue weighted by atomic mass is 9.98. The van der Waals surface area contributed by atoms with Gasteiger partial charge in [-0.3, -0.25) is 8.47 Å². The summed E-state index contributed by atoms with van der Waals surface area (Å²) in [5.41, 5.74) is 9.65. The molecule has 0 saturated heterocycles. The molecule has 0 amide bonds.